The fourth-order valence-corrected chi connectivity index (χ4v) is 1.57. The highest BCUT2D eigenvalue weighted by Crippen LogP contribution is 2.26. The van der Waals surface area contributed by atoms with Gasteiger partial charge >= 0.3 is 0 Å². The molecule has 16 heavy (non-hydrogen) atoms. The maximum absolute atomic E-state index is 9.85. The van der Waals surface area contributed by atoms with Gasteiger partial charge in [-0.2, -0.15) is 0 Å². The maximum Gasteiger partial charge on any atom is 0.121 e. The minimum Gasteiger partial charge on any atom is -0.508 e. The van der Waals surface area contributed by atoms with Gasteiger partial charge < -0.3 is 10.2 Å². The third kappa shape index (κ3) is 4.11. The lowest BCUT2D eigenvalue weighted by Crippen LogP contribution is -1.97. The van der Waals surface area contributed by atoms with E-state index in [-0.39, 0.29) is 5.75 Å². The van der Waals surface area contributed by atoms with E-state index >= 15 is 0 Å². The number of benzene rings is 1. The second-order valence-corrected chi connectivity index (χ2v) is 3.71. The van der Waals surface area contributed by atoms with Gasteiger partial charge in [0.2, 0.25) is 0 Å². The van der Waals surface area contributed by atoms with Gasteiger partial charge in [0.15, 0.2) is 0 Å². The standard InChI is InChI=1S/C13H17BO2/c14-10-6-2-1-3-8-12(15)11-7-4-5-9-13(11)16/h2,4-7,9,12,15-16H,1,3,8,10H2/b6-2+. The van der Waals surface area contributed by atoms with Gasteiger partial charge in [0.05, 0.1) is 14.0 Å². The highest BCUT2D eigenvalue weighted by atomic mass is 16.3. The van der Waals surface area contributed by atoms with E-state index in [4.69, 9.17) is 7.85 Å². The van der Waals surface area contributed by atoms with Crippen LogP contribution in [0.3, 0.4) is 0 Å². The smallest absolute Gasteiger partial charge is 0.121 e. The van der Waals surface area contributed by atoms with Gasteiger partial charge in [-0.25, -0.2) is 0 Å². The van der Waals surface area contributed by atoms with Crippen LogP contribution < -0.4 is 0 Å². The fraction of sp³-hybridized carbons (Fsp3) is 0.385. The summed E-state index contributed by atoms with van der Waals surface area (Å²) in [7, 11) is 5.31. The molecule has 1 atom stereocenters. The highest BCUT2D eigenvalue weighted by molar-refractivity contribution is 6.09. The maximum atomic E-state index is 9.85. The monoisotopic (exact) mass is 216 g/mol. The first kappa shape index (κ1) is 12.9. The van der Waals surface area contributed by atoms with E-state index < -0.39 is 6.10 Å². The Bertz CT molecular complexity index is 336. The number of para-hydroxylation sites is 1. The fourth-order valence-electron chi connectivity index (χ4n) is 1.57. The number of hydrogen-bond acceptors (Lipinski definition) is 2. The molecule has 0 aliphatic carbocycles. The number of phenols is 1. The first-order valence-electron chi connectivity index (χ1n) is 5.56. The van der Waals surface area contributed by atoms with Gasteiger partial charge in [0, 0.05) is 5.56 Å². The quantitative estimate of drug-likeness (QED) is 0.436. The number of aromatic hydroxyl groups is 1. The summed E-state index contributed by atoms with van der Waals surface area (Å²) in [6.45, 7) is 0. The van der Waals surface area contributed by atoms with Crippen molar-refractivity contribution < 1.29 is 10.2 Å². The molecule has 0 saturated carbocycles. The molecule has 0 fully saturated rings. The van der Waals surface area contributed by atoms with Gasteiger partial charge in [-0.3, -0.25) is 0 Å². The zero-order valence-corrected chi connectivity index (χ0v) is 9.34. The number of unbranched alkanes of at least 4 members (excludes halogenated alkanes) is 1. The molecule has 2 radical (unpaired) electrons. The van der Waals surface area contributed by atoms with Crippen molar-refractivity contribution >= 4 is 7.85 Å². The lowest BCUT2D eigenvalue weighted by atomic mass is 10.0. The van der Waals surface area contributed by atoms with Gasteiger partial charge in [-0.05, 0) is 25.3 Å². The van der Waals surface area contributed by atoms with Crippen LogP contribution >= 0.6 is 0 Å². The van der Waals surface area contributed by atoms with Crippen molar-refractivity contribution in [3.05, 3.63) is 42.0 Å². The molecular weight excluding hydrogens is 199 g/mol. The minimum atomic E-state index is -0.590. The minimum absolute atomic E-state index is 0.160. The molecule has 2 N–H and O–H groups in total. The topological polar surface area (TPSA) is 40.5 Å². The first-order valence-corrected chi connectivity index (χ1v) is 5.56. The molecule has 1 aromatic rings. The Balaban J connectivity index is 2.38. The van der Waals surface area contributed by atoms with Gasteiger partial charge in [-0.15, -0.1) is 0 Å². The summed E-state index contributed by atoms with van der Waals surface area (Å²) in [5.41, 5.74) is 0.602. The average molecular weight is 216 g/mol. The molecule has 0 aliphatic rings. The number of hydrogen-bond donors (Lipinski definition) is 2. The Morgan fingerprint density at radius 2 is 2.00 bits per heavy atom. The molecule has 0 saturated heterocycles. The van der Waals surface area contributed by atoms with Crippen LogP contribution in [0.15, 0.2) is 36.4 Å². The zero-order chi connectivity index (χ0) is 11.8. The molecule has 1 unspecified atom stereocenters. The average Bonchev–Trinajstić information content (AvgIpc) is 2.29. The van der Waals surface area contributed by atoms with E-state index in [2.05, 4.69) is 0 Å². The lowest BCUT2D eigenvalue weighted by molar-refractivity contribution is 0.161. The van der Waals surface area contributed by atoms with Crippen LogP contribution in [0.25, 0.3) is 0 Å². The Labute approximate surface area is 98.0 Å². The van der Waals surface area contributed by atoms with Crippen molar-refractivity contribution in [2.24, 2.45) is 0 Å². The molecule has 1 aromatic carbocycles. The molecule has 0 heterocycles. The molecule has 2 nitrogen and oxygen atoms in total. The van der Waals surface area contributed by atoms with Crippen molar-refractivity contribution in [2.45, 2.75) is 31.7 Å². The SMILES string of the molecule is [B]C/C=C/CCCC(O)c1ccccc1O. The van der Waals surface area contributed by atoms with Crippen LogP contribution in [0.4, 0.5) is 0 Å². The van der Waals surface area contributed by atoms with Crippen LogP contribution in [-0.4, -0.2) is 18.1 Å². The molecular formula is C13H17BO2. The third-order valence-electron chi connectivity index (χ3n) is 2.45. The van der Waals surface area contributed by atoms with Crippen LogP contribution in [0.1, 0.15) is 30.9 Å². The first-order chi connectivity index (χ1) is 7.75. The third-order valence-corrected chi connectivity index (χ3v) is 2.45. The summed E-state index contributed by atoms with van der Waals surface area (Å²) >= 11 is 0. The molecule has 0 spiro atoms. The Hall–Kier alpha value is -1.22. The summed E-state index contributed by atoms with van der Waals surface area (Å²) < 4.78 is 0. The number of aliphatic hydroxyl groups is 1. The van der Waals surface area contributed by atoms with Crippen LogP contribution in [-0.2, 0) is 0 Å². The Morgan fingerprint density at radius 1 is 1.25 bits per heavy atom. The van der Waals surface area contributed by atoms with E-state index in [1.807, 2.05) is 18.2 Å². The Kier molecular flexibility index (Phi) is 5.72. The number of aliphatic hydroxyl groups excluding tert-OH is 1. The normalized spacial score (nSPS) is 13.1. The van der Waals surface area contributed by atoms with E-state index in [1.165, 1.54) is 0 Å². The molecule has 0 bridgehead atoms. The summed E-state index contributed by atoms with van der Waals surface area (Å²) in [5, 5.41) is 19.4. The van der Waals surface area contributed by atoms with Crippen molar-refractivity contribution in [2.75, 3.05) is 0 Å². The molecule has 0 aromatic heterocycles. The highest BCUT2D eigenvalue weighted by Gasteiger charge is 2.10. The van der Waals surface area contributed by atoms with E-state index in [0.717, 1.165) is 12.8 Å². The van der Waals surface area contributed by atoms with Crippen molar-refractivity contribution in [1.82, 2.24) is 0 Å². The largest absolute Gasteiger partial charge is 0.508 e. The summed E-state index contributed by atoms with van der Waals surface area (Å²) in [6, 6.07) is 6.89. The molecule has 3 heteroatoms. The summed E-state index contributed by atoms with van der Waals surface area (Å²) in [4.78, 5) is 0. The molecule has 0 amide bonds. The second-order valence-electron chi connectivity index (χ2n) is 3.71. The molecule has 0 aliphatic heterocycles. The molecule has 84 valence electrons. The van der Waals surface area contributed by atoms with Crippen LogP contribution in [0.2, 0.25) is 6.32 Å². The number of allylic oxidation sites excluding steroid dienone is 2. The summed E-state index contributed by atoms with van der Waals surface area (Å²) in [6.07, 6.45) is 6.32. The number of rotatable bonds is 6. The van der Waals surface area contributed by atoms with E-state index in [0.29, 0.717) is 18.3 Å². The van der Waals surface area contributed by atoms with Gasteiger partial charge in [0.1, 0.15) is 5.75 Å². The zero-order valence-electron chi connectivity index (χ0n) is 9.34. The van der Waals surface area contributed by atoms with Crippen molar-refractivity contribution in [1.29, 1.82) is 0 Å². The predicted octanol–water partition coefficient (Wildman–Crippen LogP) is 2.74. The Morgan fingerprint density at radius 3 is 2.69 bits per heavy atom. The summed E-state index contributed by atoms with van der Waals surface area (Å²) in [5.74, 6) is 0.160. The second kappa shape index (κ2) is 7.12. The van der Waals surface area contributed by atoms with Crippen LogP contribution in [0.5, 0.6) is 5.75 Å². The van der Waals surface area contributed by atoms with E-state index in [1.54, 1.807) is 18.2 Å². The van der Waals surface area contributed by atoms with E-state index in [9.17, 15) is 10.2 Å². The van der Waals surface area contributed by atoms with Gasteiger partial charge in [-0.1, -0.05) is 36.7 Å². The molecule has 1 rings (SSSR count). The van der Waals surface area contributed by atoms with Crippen LogP contribution in [0, 0.1) is 0 Å². The van der Waals surface area contributed by atoms with Crippen molar-refractivity contribution in [3.8, 4) is 5.75 Å². The predicted molar refractivity (Wildman–Crippen MR) is 66.6 cm³/mol. The lowest BCUT2D eigenvalue weighted by Gasteiger charge is -2.11. The van der Waals surface area contributed by atoms with Gasteiger partial charge in [0.25, 0.3) is 0 Å². The van der Waals surface area contributed by atoms with Crippen molar-refractivity contribution in [3.63, 3.8) is 0 Å². The number of phenolic OH excluding ortho intramolecular Hbond substituents is 1.